The van der Waals surface area contributed by atoms with E-state index in [0.717, 1.165) is 19.4 Å². The lowest BCUT2D eigenvalue weighted by Gasteiger charge is -2.34. The number of aromatic nitrogens is 3. The normalized spacial score (nSPS) is 17.5. The van der Waals surface area contributed by atoms with Gasteiger partial charge >= 0.3 is 0 Å². The van der Waals surface area contributed by atoms with Gasteiger partial charge in [-0.3, -0.25) is 10.00 Å². The molecule has 3 heterocycles. The van der Waals surface area contributed by atoms with Crippen molar-refractivity contribution in [3.8, 4) is 11.6 Å². The van der Waals surface area contributed by atoms with Crippen molar-refractivity contribution in [1.82, 2.24) is 30.7 Å². The average molecular weight is 444 g/mol. The fraction of sp³-hybridized carbons (Fsp3) is 0.409. The predicted molar refractivity (Wildman–Crippen MR) is 117 cm³/mol. The average Bonchev–Trinajstić information content (AvgIpc) is 3.47. The van der Waals surface area contributed by atoms with Crippen molar-refractivity contribution >= 4 is 5.96 Å². The fourth-order valence-electron chi connectivity index (χ4n) is 3.77. The predicted octanol–water partition coefficient (Wildman–Crippen LogP) is 3.06. The largest absolute Gasteiger partial charge is 0.461 e. The zero-order valence-corrected chi connectivity index (χ0v) is 17.9. The van der Waals surface area contributed by atoms with Gasteiger partial charge in [0.1, 0.15) is 24.0 Å². The number of hydrogen-bond acceptors (Lipinski definition) is 5. The van der Waals surface area contributed by atoms with E-state index in [9.17, 15) is 8.78 Å². The van der Waals surface area contributed by atoms with E-state index in [1.54, 1.807) is 18.4 Å². The van der Waals surface area contributed by atoms with Crippen LogP contribution in [0.3, 0.4) is 0 Å². The molecule has 8 nitrogen and oxygen atoms in total. The molecular weight excluding hydrogens is 416 g/mol. The Balaban J connectivity index is 1.36. The molecule has 0 saturated carbocycles. The summed E-state index contributed by atoms with van der Waals surface area (Å²) in [6.45, 7) is 4.74. The molecule has 1 unspecified atom stereocenters. The van der Waals surface area contributed by atoms with Gasteiger partial charge in [-0.05, 0) is 50.6 Å². The van der Waals surface area contributed by atoms with Crippen LogP contribution in [-0.2, 0) is 13.1 Å². The number of rotatable bonds is 7. The van der Waals surface area contributed by atoms with Crippen LogP contribution in [0.5, 0.6) is 0 Å². The molecule has 1 aliphatic rings. The number of benzene rings is 1. The van der Waals surface area contributed by atoms with E-state index in [1.807, 2.05) is 6.92 Å². The number of nitrogens with one attached hydrogen (secondary N) is 3. The highest BCUT2D eigenvalue weighted by Gasteiger charge is 2.23. The van der Waals surface area contributed by atoms with E-state index in [1.165, 1.54) is 18.2 Å². The van der Waals surface area contributed by atoms with Crippen LogP contribution in [0.1, 0.15) is 31.2 Å². The number of furan rings is 1. The number of likely N-dealkylation sites (tertiary alicyclic amines) is 1. The molecule has 1 aliphatic heterocycles. The minimum Gasteiger partial charge on any atom is -0.461 e. The summed E-state index contributed by atoms with van der Waals surface area (Å²) in [5.41, 5.74) is 0.117. The Kier molecular flexibility index (Phi) is 7.10. The Bertz CT molecular complexity index is 1010. The Labute approximate surface area is 185 Å². The lowest BCUT2D eigenvalue weighted by molar-refractivity contribution is 0.188. The molecule has 3 aromatic rings. The third-order valence-electron chi connectivity index (χ3n) is 5.29. The molecule has 10 heteroatoms. The quantitative estimate of drug-likeness (QED) is 0.384. The van der Waals surface area contributed by atoms with Gasteiger partial charge in [0.25, 0.3) is 0 Å². The molecule has 1 saturated heterocycles. The Morgan fingerprint density at radius 3 is 2.88 bits per heavy atom. The third kappa shape index (κ3) is 5.50. The number of guanidine groups is 1. The number of H-pyrrole nitrogens is 1. The second-order valence-electron chi connectivity index (χ2n) is 7.70. The van der Waals surface area contributed by atoms with Crippen molar-refractivity contribution in [3.05, 3.63) is 59.6 Å². The van der Waals surface area contributed by atoms with Crippen LogP contribution in [0.4, 0.5) is 8.78 Å². The first kappa shape index (κ1) is 21.9. The molecule has 0 radical (unpaired) electrons. The van der Waals surface area contributed by atoms with Gasteiger partial charge in [0.2, 0.25) is 5.82 Å². The highest BCUT2D eigenvalue weighted by molar-refractivity contribution is 5.80. The molecule has 1 atom stereocenters. The molecule has 0 spiro atoms. The summed E-state index contributed by atoms with van der Waals surface area (Å²) < 4.78 is 33.4. The Morgan fingerprint density at radius 1 is 1.28 bits per heavy atom. The van der Waals surface area contributed by atoms with E-state index in [4.69, 9.17) is 4.42 Å². The molecule has 1 aromatic carbocycles. The summed E-state index contributed by atoms with van der Waals surface area (Å²) in [5.74, 6) is 1.35. The van der Waals surface area contributed by atoms with Crippen molar-refractivity contribution in [3.63, 3.8) is 0 Å². The van der Waals surface area contributed by atoms with E-state index in [-0.39, 0.29) is 18.2 Å². The first-order chi connectivity index (χ1) is 15.6. The highest BCUT2D eigenvalue weighted by Crippen LogP contribution is 2.18. The number of halogens is 2. The lowest BCUT2D eigenvalue weighted by Crippen LogP contribution is -2.51. The molecule has 4 rings (SSSR count). The maximum Gasteiger partial charge on any atom is 0.216 e. The summed E-state index contributed by atoms with van der Waals surface area (Å²) >= 11 is 0. The molecule has 0 bridgehead atoms. The van der Waals surface area contributed by atoms with Crippen molar-refractivity contribution in [2.45, 2.75) is 38.9 Å². The summed E-state index contributed by atoms with van der Waals surface area (Å²) in [6.07, 6.45) is 3.46. The molecule has 0 aliphatic carbocycles. The van der Waals surface area contributed by atoms with Gasteiger partial charge in [-0.1, -0.05) is 6.07 Å². The zero-order chi connectivity index (χ0) is 22.3. The summed E-state index contributed by atoms with van der Waals surface area (Å²) in [4.78, 5) is 11.1. The first-order valence-electron chi connectivity index (χ1n) is 10.8. The van der Waals surface area contributed by atoms with Crippen LogP contribution >= 0.6 is 0 Å². The number of piperidine rings is 1. The molecule has 0 amide bonds. The van der Waals surface area contributed by atoms with Crippen LogP contribution in [0.25, 0.3) is 11.6 Å². The summed E-state index contributed by atoms with van der Waals surface area (Å²) in [7, 11) is 0. The van der Waals surface area contributed by atoms with Gasteiger partial charge in [-0.2, -0.15) is 0 Å². The van der Waals surface area contributed by atoms with Gasteiger partial charge in [-0.15, -0.1) is 5.10 Å². The minimum atomic E-state index is -0.504. The van der Waals surface area contributed by atoms with Crippen molar-refractivity contribution in [2.75, 3.05) is 19.6 Å². The Morgan fingerprint density at radius 2 is 2.12 bits per heavy atom. The van der Waals surface area contributed by atoms with Gasteiger partial charge in [0, 0.05) is 31.2 Å². The summed E-state index contributed by atoms with van der Waals surface area (Å²) in [5, 5.41) is 13.7. The monoisotopic (exact) mass is 443 g/mol. The second kappa shape index (κ2) is 10.4. The van der Waals surface area contributed by atoms with Crippen molar-refractivity contribution in [1.29, 1.82) is 0 Å². The maximum absolute atomic E-state index is 14.0. The highest BCUT2D eigenvalue weighted by atomic mass is 19.1. The van der Waals surface area contributed by atoms with Crippen LogP contribution in [-0.4, -0.2) is 51.7 Å². The number of hydrogen-bond donors (Lipinski definition) is 3. The van der Waals surface area contributed by atoms with Gasteiger partial charge in [-0.25, -0.2) is 18.8 Å². The molecule has 170 valence electrons. The van der Waals surface area contributed by atoms with Crippen LogP contribution < -0.4 is 10.6 Å². The standard InChI is InChI=1S/C22H27F2N7O/c1-2-25-22(26-12-20-28-21(30-29-20)19-9-5-11-32-19)27-15-6-4-10-31(13-15)14-16-17(23)7-3-8-18(16)24/h3,5,7-9,11,15H,2,4,6,10,12-14H2,1H3,(H2,25,26,27)(H,28,29,30). The molecule has 2 aromatic heterocycles. The molecule has 3 N–H and O–H groups in total. The van der Waals surface area contributed by atoms with Crippen LogP contribution in [0.15, 0.2) is 46.0 Å². The van der Waals surface area contributed by atoms with Gasteiger partial charge in [0.15, 0.2) is 11.7 Å². The van der Waals surface area contributed by atoms with Crippen molar-refractivity contribution in [2.24, 2.45) is 4.99 Å². The smallest absolute Gasteiger partial charge is 0.216 e. The lowest BCUT2D eigenvalue weighted by atomic mass is 10.0. The van der Waals surface area contributed by atoms with E-state index < -0.39 is 11.6 Å². The van der Waals surface area contributed by atoms with E-state index in [2.05, 4.69) is 35.7 Å². The van der Waals surface area contributed by atoms with Crippen LogP contribution in [0, 0.1) is 11.6 Å². The van der Waals surface area contributed by atoms with E-state index in [0.29, 0.717) is 43.0 Å². The fourth-order valence-corrected chi connectivity index (χ4v) is 3.77. The summed E-state index contributed by atoms with van der Waals surface area (Å²) in [6, 6.07) is 7.68. The first-order valence-corrected chi connectivity index (χ1v) is 10.8. The maximum atomic E-state index is 14.0. The number of aromatic amines is 1. The topological polar surface area (TPSA) is 94.4 Å². The second-order valence-corrected chi connectivity index (χ2v) is 7.70. The Hall–Kier alpha value is -3.27. The minimum absolute atomic E-state index is 0.116. The van der Waals surface area contributed by atoms with Gasteiger partial charge in [0.05, 0.1) is 6.26 Å². The zero-order valence-electron chi connectivity index (χ0n) is 17.9. The van der Waals surface area contributed by atoms with E-state index >= 15 is 0 Å². The van der Waals surface area contributed by atoms with Crippen LogP contribution in [0.2, 0.25) is 0 Å². The third-order valence-corrected chi connectivity index (χ3v) is 5.29. The van der Waals surface area contributed by atoms with Gasteiger partial charge < -0.3 is 15.1 Å². The molecule has 1 fully saturated rings. The SMILES string of the molecule is CCNC(=NCc1nc(-c2ccco2)n[nH]1)NC1CCCN(Cc2c(F)cccc2F)C1. The number of aliphatic imine (C=N–C) groups is 1. The number of nitrogens with zero attached hydrogens (tertiary/aromatic N) is 4. The molecule has 32 heavy (non-hydrogen) atoms. The molecular formula is C22H27F2N7O. The van der Waals surface area contributed by atoms with Crippen molar-refractivity contribution < 1.29 is 13.2 Å².